The predicted octanol–water partition coefficient (Wildman–Crippen LogP) is 3.27. The summed E-state index contributed by atoms with van der Waals surface area (Å²) in [6, 6.07) is 5.09. The highest BCUT2D eigenvalue weighted by atomic mass is 35.5. The quantitative estimate of drug-likeness (QED) is 0.615. The van der Waals surface area contributed by atoms with Crippen LogP contribution in [0.3, 0.4) is 0 Å². The van der Waals surface area contributed by atoms with Crippen LogP contribution in [0.2, 0.25) is 10.0 Å². The van der Waals surface area contributed by atoms with Gasteiger partial charge in [0, 0.05) is 19.7 Å². The van der Waals surface area contributed by atoms with E-state index in [9.17, 15) is 9.59 Å². The molecule has 0 fully saturated rings. The molecule has 1 atom stereocenters. The van der Waals surface area contributed by atoms with Crippen LogP contribution in [0.4, 0.5) is 0 Å². The van der Waals surface area contributed by atoms with E-state index in [-0.39, 0.29) is 24.3 Å². The number of carbonyl (C=O) groups excluding carboxylic acids is 2. The van der Waals surface area contributed by atoms with Gasteiger partial charge in [0.15, 0.2) is 0 Å². The second-order valence-corrected chi connectivity index (χ2v) is 5.46. The molecule has 4 nitrogen and oxygen atoms in total. The van der Waals surface area contributed by atoms with E-state index >= 15 is 0 Å². The molecule has 0 aromatic heterocycles. The van der Waals surface area contributed by atoms with Gasteiger partial charge in [0.2, 0.25) is 5.91 Å². The van der Waals surface area contributed by atoms with Gasteiger partial charge in [0.05, 0.1) is 23.1 Å². The van der Waals surface area contributed by atoms with Crippen molar-refractivity contribution >= 4 is 41.2 Å². The van der Waals surface area contributed by atoms with Crippen LogP contribution >= 0.6 is 23.2 Å². The van der Waals surface area contributed by atoms with Crippen molar-refractivity contribution in [1.82, 2.24) is 4.90 Å². The number of rotatable bonds is 5. The molecule has 0 aliphatic heterocycles. The lowest BCUT2D eigenvalue weighted by molar-refractivity contribution is -0.145. The highest BCUT2D eigenvalue weighted by Crippen LogP contribution is 2.23. The largest absolute Gasteiger partial charge is 0.469 e. The molecule has 0 aliphatic rings. The number of methoxy groups -OCH3 is 1. The summed E-state index contributed by atoms with van der Waals surface area (Å²) in [5, 5.41) is 0.892. The van der Waals surface area contributed by atoms with Gasteiger partial charge in [-0.3, -0.25) is 9.59 Å². The summed E-state index contributed by atoms with van der Waals surface area (Å²) in [6.45, 7) is 2.00. The summed E-state index contributed by atoms with van der Waals surface area (Å²) in [6.07, 6.45) is 3.06. The molecular formula is C15H17Cl2NO3. The maximum absolute atomic E-state index is 11.9. The Balaban J connectivity index is 2.65. The number of nitrogens with zero attached hydrogens (tertiary/aromatic N) is 1. The lowest BCUT2D eigenvalue weighted by Crippen LogP contribution is -2.33. The van der Waals surface area contributed by atoms with Crippen molar-refractivity contribution in [1.29, 1.82) is 0 Å². The van der Waals surface area contributed by atoms with E-state index in [1.54, 1.807) is 38.2 Å². The van der Waals surface area contributed by atoms with E-state index < -0.39 is 0 Å². The van der Waals surface area contributed by atoms with Gasteiger partial charge < -0.3 is 9.64 Å². The predicted molar refractivity (Wildman–Crippen MR) is 84.3 cm³/mol. The first kappa shape index (κ1) is 17.5. The molecule has 1 aromatic rings. The molecule has 6 heteroatoms. The normalized spacial score (nSPS) is 12.2. The number of hydrogen-bond acceptors (Lipinski definition) is 3. The minimum atomic E-state index is -0.373. The van der Waals surface area contributed by atoms with Gasteiger partial charge in [0.25, 0.3) is 0 Å². The first-order valence-corrected chi connectivity index (χ1v) is 7.06. The summed E-state index contributed by atoms with van der Waals surface area (Å²) in [7, 11) is 2.95. The maximum atomic E-state index is 11.9. The topological polar surface area (TPSA) is 46.6 Å². The molecule has 0 bridgehead atoms. The fourth-order valence-electron chi connectivity index (χ4n) is 1.69. The monoisotopic (exact) mass is 329 g/mol. The smallest absolute Gasteiger partial charge is 0.310 e. The van der Waals surface area contributed by atoms with E-state index in [1.807, 2.05) is 0 Å². The molecule has 0 N–H and O–H groups in total. The van der Waals surface area contributed by atoms with E-state index in [2.05, 4.69) is 4.74 Å². The molecule has 1 unspecified atom stereocenters. The van der Waals surface area contributed by atoms with Crippen LogP contribution in [0.5, 0.6) is 0 Å². The number of ether oxygens (including phenoxy) is 1. The van der Waals surface area contributed by atoms with Crippen LogP contribution in [0.1, 0.15) is 12.5 Å². The average molecular weight is 330 g/mol. The molecule has 0 saturated heterocycles. The Morgan fingerprint density at radius 3 is 2.57 bits per heavy atom. The van der Waals surface area contributed by atoms with E-state index in [0.29, 0.717) is 10.0 Å². The molecule has 114 valence electrons. The van der Waals surface area contributed by atoms with Crippen LogP contribution in [0, 0.1) is 5.92 Å². The van der Waals surface area contributed by atoms with Crippen LogP contribution in [0.25, 0.3) is 6.08 Å². The van der Waals surface area contributed by atoms with Gasteiger partial charge in [-0.2, -0.15) is 0 Å². The van der Waals surface area contributed by atoms with Crippen molar-refractivity contribution in [2.45, 2.75) is 6.92 Å². The number of halogens is 2. The van der Waals surface area contributed by atoms with Gasteiger partial charge in [-0.1, -0.05) is 36.2 Å². The zero-order valence-corrected chi connectivity index (χ0v) is 13.6. The Morgan fingerprint density at radius 1 is 1.33 bits per heavy atom. The highest BCUT2D eigenvalue weighted by molar-refractivity contribution is 6.42. The van der Waals surface area contributed by atoms with E-state index in [0.717, 1.165) is 5.56 Å². The van der Waals surface area contributed by atoms with Crippen LogP contribution in [-0.4, -0.2) is 37.5 Å². The molecule has 21 heavy (non-hydrogen) atoms. The zero-order valence-electron chi connectivity index (χ0n) is 12.1. The van der Waals surface area contributed by atoms with Gasteiger partial charge in [-0.25, -0.2) is 0 Å². The number of amides is 1. The fourth-order valence-corrected chi connectivity index (χ4v) is 1.99. The summed E-state index contributed by atoms with van der Waals surface area (Å²) in [4.78, 5) is 24.7. The third-order valence-corrected chi connectivity index (χ3v) is 3.63. The molecule has 1 rings (SSSR count). The molecule has 0 heterocycles. The van der Waals surface area contributed by atoms with E-state index in [1.165, 1.54) is 18.1 Å². The molecular weight excluding hydrogens is 313 g/mol. The van der Waals surface area contributed by atoms with Gasteiger partial charge in [-0.05, 0) is 23.8 Å². The van der Waals surface area contributed by atoms with Gasteiger partial charge in [-0.15, -0.1) is 0 Å². The summed E-state index contributed by atoms with van der Waals surface area (Å²) >= 11 is 11.7. The van der Waals surface area contributed by atoms with Crippen LogP contribution in [-0.2, 0) is 14.3 Å². The Bertz CT molecular complexity index is 558. The van der Waals surface area contributed by atoms with Crippen molar-refractivity contribution in [3.05, 3.63) is 39.9 Å². The SMILES string of the molecule is COC(=O)C(C)CN(C)C(=O)C=Cc1ccc(Cl)c(Cl)c1. The lowest BCUT2D eigenvalue weighted by Gasteiger charge is -2.18. The van der Waals surface area contributed by atoms with Crippen molar-refractivity contribution in [2.24, 2.45) is 5.92 Å². The number of carbonyl (C=O) groups is 2. The third kappa shape index (κ3) is 5.40. The maximum Gasteiger partial charge on any atom is 0.310 e. The van der Waals surface area contributed by atoms with Crippen LogP contribution in [0.15, 0.2) is 24.3 Å². The molecule has 0 radical (unpaired) electrons. The minimum Gasteiger partial charge on any atom is -0.469 e. The number of esters is 1. The van der Waals surface area contributed by atoms with Crippen LogP contribution < -0.4 is 0 Å². The van der Waals surface area contributed by atoms with Crippen molar-refractivity contribution in [3.63, 3.8) is 0 Å². The average Bonchev–Trinajstić information content (AvgIpc) is 2.46. The zero-order chi connectivity index (χ0) is 16.0. The summed E-state index contributed by atoms with van der Waals surface area (Å²) in [5.74, 6) is -0.928. The standard InChI is InChI=1S/C15H17Cl2NO3/c1-10(15(20)21-3)9-18(2)14(19)7-5-11-4-6-12(16)13(17)8-11/h4-8,10H,9H2,1-3H3. The highest BCUT2D eigenvalue weighted by Gasteiger charge is 2.17. The number of hydrogen-bond donors (Lipinski definition) is 0. The van der Waals surface area contributed by atoms with Gasteiger partial charge >= 0.3 is 5.97 Å². The summed E-state index contributed by atoms with van der Waals surface area (Å²) in [5.41, 5.74) is 0.771. The fraction of sp³-hybridized carbons (Fsp3) is 0.333. The summed E-state index contributed by atoms with van der Waals surface area (Å²) < 4.78 is 4.62. The second-order valence-electron chi connectivity index (χ2n) is 4.65. The molecule has 1 aromatic carbocycles. The van der Waals surface area contributed by atoms with Crippen molar-refractivity contribution < 1.29 is 14.3 Å². The Hall–Kier alpha value is -1.52. The third-order valence-electron chi connectivity index (χ3n) is 2.89. The Kier molecular flexibility index (Phi) is 6.72. The Morgan fingerprint density at radius 2 is 2.00 bits per heavy atom. The Labute approximate surface area is 134 Å². The lowest BCUT2D eigenvalue weighted by atomic mass is 10.1. The first-order chi connectivity index (χ1) is 9.85. The molecule has 0 saturated carbocycles. The van der Waals surface area contributed by atoms with Gasteiger partial charge in [0.1, 0.15) is 0 Å². The molecule has 0 aliphatic carbocycles. The first-order valence-electron chi connectivity index (χ1n) is 6.31. The van der Waals surface area contributed by atoms with E-state index in [4.69, 9.17) is 23.2 Å². The number of benzene rings is 1. The van der Waals surface area contributed by atoms with Crippen molar-refractivity contribution in [2.75, 3.05) is 20.7 Å². The van der Waals surface area contributed by atoms with Crippen molar-refractivity contribution in [3.8, 4) is 0 Å². The molecule has 0 spiro atoms. The minimum absolute atomic E-state index is 0.211. The molecule has 1 amide bonds. The second kappa shape index (κ2) is 8.05. The number of likely N-dealkylation sites (N-methyl/N-ethyl adjacent to an activating group) is 1.